The van der Waals surface area contributed by atoms with E-state index in [2.05, 4.69) is 67.3 Å². The molecule has 4 aliphatic heterocycles. The third-order valence-corrected chi connectivity index (χ3v) is 11.7. The monoisotopic (exact) mass is 1260 g/mol. The molecule has 4 heterocycles. The average molecular weight is 1260 g/mol. The first-order valence-electron chi connectivity index (χ1n) is 22.3. The third-order valence-electron chi connectivity index (χ3n) is 10.2. The first-order chi connectivity index (χ1) is 36.5. The molecule has 8 N–H and O–H groups in total. The Morgan fingerprint density at radius 1 is 0.571 bits per heavy atom. The van der Waals surface area contributed by atoms with Crippen molar-refractivity contribution in [2.24, 2.45) is 5.73 Å². The lowest BCUT2D eigenvalue weighted by atomic mass is 9.86. The van der Waals surface area contributed by atoms with E-state index in [1.807, 2.05) is 33.4 Å². The van der Waals surface area contributed by atoms with Gasteiger partial charge in [0.1, 0.15) is 28.3 Å². The molecule has 28 heteroatoms. The highest BCUT2D eigenvalue weighted by molar-refractivity contribution is 9.10. The number of carboxylic acid groups (broad SMARTS) is 1. The number of carbonyl (C=O) groups is 13. The molecule has 0 aliphatic carbocycles. The van der Waals surface area contributed by atoms with E-state index < -0.39 is 70.6 Å². The summed E-state index contributed by atoms with van der Waals surface area (Å²) in [4.78, 5) is 146. The molecular weight excluding hydrogens is 1220 g/mol. The zero-order valence-corrected chi connectivity index (χ0v) is 44.9. The molecule has 4 aliphatic rings. The van der Waals surface area contributed by atoms with Crippen molar-refractivity contribution in [3.63, 3.8) is 0 Å². The molecule has 0 atom stereocenters. The molecule has 4 saturated heterocycles. The van der Waals surface area contributed by atoms with Crippen molar-refractivity contribution in [1.29, 1.82) is 0 Å². The molecular formula is C49H45Br3N6O19. The summed E-state index contributed by atoms with van der Waals surface area (Å²) in [6.07, 6.45) is 1.50. The molecule has 0 spiro atoms. The quantitative estimate of drug-likeness (QED) is 0.0442. The van der Waals surface area contributed by atoms with Crippen LogP contribution in [0, 0.1) is 0 Å². The van der Waals surface area contributed by atoms with Crippen LogP contribution in [-0.2, 0) is 78.0 Å². The van der Waals surface area contributed by atoms with Gasteiger partial charge in [0.05, 0.1) is 20.0 Å². The Morgan fingerprint density at radius 3 is 1.25 bits per heavy atom. The number of urea groups is 2. The Hall–Kier alpha value is -8.21. The lowest BCUT2D eigenvalue weighted by Crippen LogP contribution is -2.71. The number of barbiturate groups is 2. The van der Waals surface area contributed by atoms with Gasteiger partial charge in [-0.3, -0.25) is 74.0 Å². The summed E-state index contributed by atoms with van der Waals surface area (Å²) in [6.45, 7) is 0. The number of aliphatic carboxylic acids is 1. The highest BCUT2D eigenvalue weighted by atomic mass is 79.9. The number of rotatable bonds is 12. The zero-order valence-electron chi connectivity index (χ0n) is 40.1. The number of hydrogen-bond donors (Lipinski definition) is 7. The molecule has 77 heavy (non-hydrogen) atoms. The molecule has 406 valence electrons. The van der Waals surface area contributed by atoms with Gasteiger partial charge in [-0.15, -0.1) is 0 Å². The van der Waals surface area contributed by atoms with Crippen molar-refractivity contribution >= 4 is 125 Å². The predicted octanol–water partition coefficient (Wildman–Crippen LogP) is 4.58. The topological polar surface area (TPSA) is 374 Å². The van der Waals surface area contributed by atoms with E-state index >= 15 is 0 Å². The van der Waals surface area contributed by atoms with Gasteiger partial charge in [-0.1, -0.05) is 72.1 Å². The normalized spacial score (nSPS) is 15.8. The smallest absolute Gasteiger partial charge is 0.328 e. The fraction of sp³-hybridized carbons (Fsp3) is 0.245. The number of nitrogens with one attached hydrogen (secondary N) is 5. The summed E-state index contributed by atoms with van der Waals surface area (Å²) in [7, 11) is 1.35. The van der Waals surface area contributed by atoms with Crippen LogP contribution in [0.5, 0.6) is 23.0 Å². The van der Waals surface area contributed by atoms with E-state index in [0.717, 1.165) is 8.95 Å². The number of alkyl halides is 1. The fourth-order valence-electron chi connectivity index (χ4n) is 6.38. The minimum Gasteiger partial charge on any atom is -0.481 e. The second-order valence-corrected chi connectivity index (χ2v) is 18.1. The summed E-state index contributed by atoms with van der Waals surface area (Å²) < 4.78 is 25.7. The number of carboxylic acids is 1. The Morgan fingerprint density at radius 2 is 0.935 bits per heavy atom. The molecule has 9 amide bonds. The van der Waals surface area contributed by atoms with Crippen LogP contribution in [0.25, 0.3) is 0 Å². The molecule has 0 bridgehead atoms. The van der Waals surface area contributed by atoms with Gasteiger partial charge in [0, 0.05) is 34.6 Å². The van der Waals surface area contributed by atoms with Crippen molar-refractivity contribution < 1.29 is 91.1 Å². The highest BCUT2D eigenvalue weighted by Crippen LogP contribution is 2.30. The Balaban J connectivity index is 0.000000245. The van der Waals surface area contributed by atoms with Crippen LogP contribution in [0.2, 0.25) is 0 Å². The second kappa shape index (κ2) is 29.2. The van der Waals surface area contributed by atoms with E-state index in [1.54, 1.807) is 48.5 Å². The van der Waals surface area contributed by atoms with Crippen LogP contribution < -0.4 is 41.8 Å². The number of halogens is 3. The van der Waals surface area contributed by atoms with Gasteiger partial charge in [0.25, 0.3) is 23.6 Å². The molecule has 0 saturated carbocycles. The second-order valence-electron chi connectivity index (χ2n) is 15.7. The molecule has 25 nitrogen and oxygen atoms in total. The molecule has 0 unspecified atom stereocenters. The number of amides is 9. The standard InChI is InChI=1S/C21H18BrN3O7.C16H12BrN3O4.C5H6O3.C4H4O3.C3H5BrO2/c22-13-6-10-15(11-7-13)32-14-8-4-12(5-9-14)21(18(29)23-20(31)24-19(21)30)25-16(26)2-1-3-17(27)28;17-10-3-7-12(8-4-10)24-11-5-1-9(2-6-11)16(18)13(21)19-15(23)20-14(16)22;6-4-2-1-3-5(7)8-4;5-3-1-2-4(6)7-3;1-6-3(5)2-4/h4-11H,1-3H2,(H,25,26)(H,27,28)(H2,23,24,29,30,31);1-8H,18H2,(H2,19,20,21,22,23);1-3H2;1-2H2;2H2,1H3. The number of methoxy groups -OCH3 is 1. The number of cyclic esters (lactones) is 4. The van der Waals surface area contributed by atoms with Crippen molar-refractivity contribution in [2.45, 2.75) is 62.4 Å². The number of hydrogen-bond acceptors (Lipinski definition) is 19. The van der Waals surface area contributed by atoms with Gasteiger partial charge in [-0.2, -0.15) is 0 Å². The number of benzene rings is 4. The third kappa shape index (κ3) is 18.5. The Bertz CT molecular complexity index is 2830. The van der Waals surface area contributed by atoms with Crippen LogP contribution >= 0.6 is 47.8 Å². The van der Waals surface area contributed by atoms with Gasteiger partial charge < -0.3 is 39.8 Å². The SMILES string of the molecule is COC(=O)CBr.NC1(c2ccc(Oc3ccc(Br)cc3)cc2)C(=O)NC(=O)NC1=O.O=C(O)CCCC(=O)NC1(c2ccc(Oc3ccc(Br)cc3)cc2)C(=O)NC(=O)NC1=O.O=C1CCC(=O)O1.O=C1CCCC(=O)O1. The maximum Gasteiger partial charge on any atom is 0.328 e. The first kappa shape index (κ1) is 61.3. The summed E-state index contributed by atoms with van der Waals surface area (Å²) in [5, 5.41) is 19.3. The molecule has 0 radical (unpaired) electrons. The summed E-state index contributed by atoms with van der Waals surface area (Å²) in [6, 6.07) is 24.5. The van der Waals surface area contributed by atoms with Crippen molar-refractivity contribution in [1.82, 2.24) is 26.6 Å². The van der Waals surface area contributed by atoms with Crippen LogP contribution in [0.15, 0.2) is 106 Å². The van der Waals surface area contributed by atoms with E-state index in [9.17, 15) is 62.3 Å². The van der Waals surface area contributed by atoms with E-state index in [-0.39, 0.29) is 66.5 Å². The van der Waals surface area contributed by atoms with E-state index in [1.165, 1.54) is 43.5 Å². The molecule has 4 fully saturated rings. The minimum atomic E-state index is -2.20. The lowest BCUT2D eigenvalue weighted by Gasteiger charge is -2.35. The van der Waals surface area contributed by atoms with Crippen molar-refractivity contribution in [3.8, 4) is 23.0 Å². The van der Waals surface area contributed by atoms with Gasteiger partial charge in [-0.05, 0) is 96.8 Å². The molecule has 8 rings (SSSR count). The number of imide groups is 4. The van der Waals surface area contributed by atoms with Gasteiger partial charge in [-0.25, -0.2) is 9.59 Å². The van der Waals surface area contributed by atoms with E-state index in [4.69, 9.17) is 20.3 Å². The van der Waals surface area contributed by atoms with Crippen molar-refractivity contribution in [3.05, 3.63) is 117 Å². The molecule has 0 aromatic heterocycles. The highest BCUT2D eigenvalue weighted by Gasteiger charge is 2.53. The van der Waals surface area contributed by atoms with Crippen molar-refractivity contribution in [2.75, 3.05) is 12.4 Å². The first-order valence-corrected chi connectivity index (χ1v) is 25.0. The zero-order chi connectivity index (χ0) is 56.9. The Labute approximate surface area is 461 Å². The number of carbonyl (C=O) groups excluding carboxylic acids is 12. The van der Waals surface area contributed by atoms with E-state index in [0.29, 0.717) is 42.3 Å². The number of ether oxygens (including phenoxy) is 5. The summed E-state index contributed by atoms with van der Waals surface area (Å²) >= 11 is 9.57. The average Bonchev–Trinajstić information content (AvgIpc) is 3.81. The predicted molar refractivity (Wildman–Crippen MR) is 273 cm³/mol. The maximum absolute atomic E-state index is 12.7. The Kier molecular flexibility index (Phi) is 23.2. The number of nitrogens with two attached hydrogens (primary N) is 1. The number of esters is 5. The van der Waals surface area contributed by atoms with Crippen LogP contribution in [-0.4, -0.2) is 95.0 Å². The van der Waals surface area contributed by atoms with Crippen LogP contribution in [0.1, 0.15) is 62.5 Å². The summed E-state index contributed by atoms with van der Waals surface area (Å²) in [5.41, 5.74) is 2.09. The van der Waals surface area contributed by atoms with Gasteiger partial charge in [0.15, 0.2) is 0 Å². The van der Waals surface area contributed by atoms with Gasteiger partial charge >= 0.3 is 47.9 Å². The largest absolute Gasteiger partial charge is 0.481 e. The molecule has 4 aromatic rings. The van der Waals surface area contributed by atoms with Crippen LogP contribution in [0.3, 0.4) is 0 Å². The van der Waals surface area contributed by atoms with Gasteiger partial charge in [0.2, 0.25) is 17.0 Å². The minimum absolute atomic E-state index is 0.0133. The maximum atomic E-state index is 12.7. The molecule has 4 aromatic carbocycles. The fourth-order valence-corrected chi connectivity index (χ4v) is 7.14. The summed E-state index contributed by atoms with van der Waals surface area (Å²) in [5.74, 6) is -5.31. The van der Waals surface area contributed by atoms with Crippen LogP contribution in [0.4, 0.5) is 9.59 Å². The lowest BCUT2D eigenvalue weighted by molar-refractivity contribution is -0.163.